The summed E-state index contributed by atoms with van der Waals surface area (Å²) < 4.78 is 5.81. The Morgan fingerprint density at radius 3 is 2.89 bits per heavy atom. The summed E-state index contributed by atoms with van der Waals surface area (Å²) in [6.45, 7) is 2.98. The van der Waals surface area contributed by atoms with Gasteiger partial charge < -0.3 is 9.84 Å². The van der Waals surface area contributed by atoms with Gasteiger partial charge in [-0.3, -0.25) is 0 Å². The van der Waals surface area contributed by atoms with Crippen molar-refractivity contribution in [1.29, 1.82) is 0 Å². The van der Waals surface area contributed by atoms with Crippen LogP contribution in [0, 0.1) is 17.8 Å². The van der Waals surface area contributed by atoms with Gasteiger partial charge in [-0.1, -0.05) is 38.0 Å². The van der Waals surface area contributed by atoms with E-state index in [0.717, 1.165) is 18.1 Å². The van der Waals surface area contributed by atoms with Crippen molar-refractivity contribution >= 4 is 0 Å². The van der Waals surface area contributed by atoms with Crippen LogP contribution in [-0.4, -0.2) is 17.8 Å². The first-order valence-electron chi connectivity index (χ1n) is 7.63. The van der Waals surface area contributed by atoms with Crippen LogP contribution in [0.5, 0.6) is 5.75 Å². The Kier molecular flexibility index (Phi) is 3.79. The molecule has 1 heterocycles. The summed E-state index contributed by atoms with van der Waals surface area (Å²) in [4.78, 5) is 0. The van der Waals surface area contributed by atoms with E-state index >= 15 is 0 Å². The highest BCUT2D eigenvalue weighted by Crippen LogP contribution is 2.36. The predicted octanol–water partition coefficient (Wildman–Crippen LogP) is 3.42. The van der Waals surface area contributed by atoms with Gasteiger partial charge in [-0.2, -0.15) is 0 Å². The Morgan fingerprint density at radius 2 is 2.05 bits per heavy atom. The maximum absolute atomic E-state index is 10.7. The second kappa shape index (κ2) is 5.54. The number of hydrogen-bond acceptors (Lipinski definition) is 2. The molecule has 1 aliphatic carbocycles. The van der Waals surface area contributed by atoms with Gasteiger partial charge in [0.1, 0.15) is 5.75 Å². The lowest BCUT2D eigenvalue weighted by molar-refractivity contribution is 0.00100. The molecular formula is C17H24O2. The average Bonchev–Trinajstić information content (AvgIpc) is 2.46. The molecule has 2 nitrogen and oxygen atoms in total. The van der Waals surface area contributed by atoms with Crippen molar-refractivity contribution in [3.05, 3.63) is 29.8 Å². The molecule has 19 heavy (non-hydrogen) atoms. The van der Waals surface area contributed by atoms with E-state index in [1.54, 1.807) is 0 Å². The quantitative estimate of drug-likeness (QED) is 0.883. The minimum Gasteiger partial charge on any atom is -0.493 e. The molecule has 0 aromatic heterocycles. The van der Waals surface area contributed by atoms with Crippen LogP contribution in [-0.2, 0) is 6.42 Å². The fourth-order valence-corrected chi connectivity index (χ4v) is 3.75. The highest BCUT2D eigenvalue weighted by atomic mass is 16.5. The predicted molar refractivity (Wildman–Crippen MR) is 76.3 cm³/mol. The summed E-state index contributed by atoms with van der Waals surface area (Å²) in [5.41, 5.74) is 1.25. The molecule has 4 unspecified atom stereocenters. The third-order valence-electron chi connectivity index (χ3n) is 4.85. The second-order valence-electron chi connectivity index (χ2n) is 6.41. The van der Waals surface area contributed by atoms with Crippen LogP contribution in [0.25, 0.3) is 0 Å². The van der Waals surface area contributed by atoms with Gasteiger partial charge in [-0.25, -0.2) is 0 Å². The number of para-hydroxylation sites is 1. The molecule has 1 aromatic rings. The maximum atomic E-state index is 10.7. The van der Waals surface area contributed by atoms with Crippen molar-refractivity contribution in [1.82, 2.24) is 0 Å². The molecule has 4 atom stereocenters. The number of fused-ring (bicyclic) bond motifs is 1. The van der Waals surface area contributed by atoms with Gasteiger partial charge in [-0.15, -0.1) is 0 Å². The number of aliphatic hydroxyl groups is 1. The van der Waals surface area contributed by atoms with E-state index in [9.17, 15) is 5.11 Å². The van der Waals surface area contributed by atoms with Crippen LogP contribution in [0.4, 0.5) is 0 Å². The van der Waals surface area contributed by atoms with Gasteiger partial charge in [0, 0.05) is 5.92 Å². The molecule has 1 aliphatic heterocycles. The molecule has 1 aromatic carbocycles. The van der Waals surface area contributed by atoms with Gasteiger partial charge in [0.25, 0.3) is 0 Å². The van der Waals surface area contributed by atoms with Crippen LogP contribution < -0.4 is 4.74 Å². The second-order valence-corrected chi connectivity index (χ2v) is 6.41. The number of aliphatic hydroxyl groups excluding tert-OH is 1. The molecule has 104 valence electrons. The van der Waals surface area contributed by atoms with E-state index in [4.69, 9.17) is 4.74 Å². The zero-order chi connectivity index (χ0) is 13.2. The number of hydrogen-bond donors (Lipinski definition) is 1. The summed E-state index contributed by atoms with van der Waals surface area (Å²) in [5, 5.41) is 10.7. The lowest BCUT2D eigenvalue weighted by Gasteiger charge is -2.36. The lowest BCUT2D eigenvalue weighted by Crippen LogP contribution is -2.38. The average molecular weight is 260 g/mol. The summed E-state index contributed by atoms with van der Waals surface area (Å²) in [5.74, 6) is 2.51. The molecule has 3 rings (SSSR count). The summed E-state index contributed by atoms with van der Waals surface area (Å²) in [6, 6.07) is 8.22. The van der Waals surface area contributed by atoms with Crippen molar-refractivity contribution in [3.8, 4) is 5.75 Å². The molecule has 2 aliphatic rings. The topological polar surface area (TPSA) is 29.5 Å². The first kappa shape index (κ1) is 13.0. The maximum Gasteiger partial charge on any atom is 0.122 e. The SMILES string of the molecule is CC1CCCC(C(O)C2COc3ccccc3C2)C1. The number of benzene rings is 1. The summed E-state index contributed by atoms with van der Waals surface area (Å²) in [6.07, 6.45) is 5.72. The molecule has 0 spiro atoms. The Balaban J connectivity index is 1.67. The minimum atomic E-state index is -0.198. The largest absolute Gasteiger partial charge is 0.493 e. The van der Waals surface area contributed by atoms with Crippen LogP contribution in [0.2, 0.25) is 0 Å². The fraction of sp³-hybridized carbons (Fsp3) is 0.647. The zero-order valence-electron chi connectivity index (χ0n) is 11.7. The summed E-state index contributed by atoms with van der Waals surface area (Å²) in [7, 11) is 0. The first-order valence-corrected chi connectivity index (χ1v) is 7.63. The Morgan fingerprint density at radius 1 is 1.21 bits per heavy atom. The molecule has 0 bridgehead atoms. The van der Waals surface area contributed by atoms with E-state index in [2.05, 4.69) is 19.1 Å². The fourth-order valence-electron chi connectivity index (χ4n) is 3.75. The van der Waals surface area contributed by atoms with Crippen molar-refractivity contribution in [2.45, 2.75) is 45.1 Å². The molecule has 0 saturated heterocycles. The zero-order valence-corrected chi connectivity index (χ0v) is 11.7. The van der Waals surface area contributed by atoms with Crippen molar-refractivity contribution < 1.29 is 9.84 Å². The third kappa shape index (κ3) is 2.79. The Hall–Kier alpha value is -1.02. The smallest absolute Gasteiger partial charge is 0.122 e. The molecule has 0 amide bonds. The monoisotopic (exact) mass is 260 g/mol. The van der Waals surface area contributed by atoms with Gasteiger partial charge in [0.2, 0.25) is 0 Å². The van der Waals surface area contributed by atoms with Crippen molar-refractivity contribution in [2.75, 3.05) is 6.61 Å². The minimum absolute atomic E-state index is 0.198. The van der Waals surface area contributed by atoms with Gasteiger partial charge >= 0.3 is 0 Å². The Labute approximate surface area is 115 Å². The number of rotatable bonds is 2. The van der Waals surface area contributed by atoms with E-state index in [1.807, 2.05) is 12.1 Å². The van der Waals surface area contributed by atoms with Crippen LogP contribution >= 0.6 is 0 Å². The molecule has 1 saturated carbocycles. The molecule has 2 heteroatoms. The van der Waals surface area contributed by atoms with E-state index < -0.39 is 0 Å². The summed E-state index contributed by atoms with van der Waals surface area (Å²) >= 11 is 0. The van der Waals surface area contributed by atoms with Gasteiger partial charge in [0.05, 0.1) is 12.7 Å². The van der Waals surface area contributed by atoms with Crippen molar-refractivity contribution in [2.24, 2.45) is 17.8 Å². The van der Waals surface area contributed by atoms with Crippen LogP contribution in [0.1, 0.15) is 38.2 Å². The van der Waals surface area contributed by atoms with Gasteiger partial charge in [0.15, 0.2) is 0 Å². The lowest BCUT2D eigenvalue weighted by atomic mass is 9.75. The van der Waals surface area contributed by atoms with E-state index in [1.165, 1.54) is 31.2 Å². The first-order chi connectivity index (χ1) is 9.24. The van der Waals surface area contributed by atoms with Crippen LogP contribution in [0.15, 0.2) is 24.3 Å². The normalized spacial score (nSPS) is 32.2. The molecule has 1 N–H and O–H groups in total. The molecule has 1 fully saturated rings. The van der Waals surface area contributed by atoms with Crippen LogP contribution in [0.3, 0.4) is 0 Å². The van der Waals surface area contributed by atoms with Gasteiger partial charge in [-0.05, 0) is 42.7 Å². The number of ether oxygens (including phenoxy) is 1. The highest BCUT2D eigenvalue weighted by Gasteiger charge is 2.33. The highest BCUT2D eigenvalue weighted by molar-refractivity contribution is 5.35. The van der Waals surface area contributed by atoms with E-state index in [0.29, 0.717) is 12.5 Å². The standard InChI is InChI=1S/C17H24O2/c1-12-5-4-7-14(9-12)17(18)15-10-13-6-2-3-8-16(13)19-11-15/h2-3,6,8,12,14-15,17-18H,4-5,7,9-11H2,1H3. The van der Waals surface area contributed by atoms with E-state index in [-0.39, 0.29) is 12.0 Å². The third-order valence-corrected chi connectivity index (χ3v) is 4.85. The molecular weight excluding hydrogens is 236 g/mol. The Bertz CT molecular complexity index is 429. The molecule has 0 radical (unpaired) electrons. The van der Waals surface area contributed by atoms with Crippen molar-refractivity contribution in [3.63, 3.8) is 0 Å².